The van der Waals surface area contributed by atoms with Gasteiger partial charge in [0.15, 0.2) is 12.1 Å². The van der Waals surface area contributed by atoms with Crippen molar-refractivity contribution < 1.29 is 14.3 Å². The summed E-state index contributed by atoms with van der Waals surface area (Å²) in [5.74, 6) is 3.21. The number of hydrogen-bond acceptors (Lipinski definition) is 3. The molecule has 0 radical (unpaired) electrons. The fourth-order valence-corrected chi connectivity index (χ4v) is 7.27. The fourth-order valence-electron chi connectivity index (χ4n) is 7.27. The van der Waals surface area contributed by atoms with Gasteiger partial charge in [-0.25, -0.2) is 0 Å². The predicted octanol–water partition coefficient (Wildman–Crippen LogP) is 4.67. The van der Waals surface area contributed by atoms with E-state index in [2.05, 4.69) is 26.0 Å². The average Bonchev–Trinajstić information content (AvgIpc) is 3.24. The summed E-state index contributed by atoms with van der Waals surface area (Å²) in [6.45, 7) is 6.50. The van der Waals surface area contributed by atoms with Crippen LogP contribution in [0.3, 0.4) is 0 Å². The fraction of sp³-hybridized carbons (Fsp3) is 0.783. The molecule has 1 saturated heterocycles. The number of carbonyl (C=O) groups excluding carboxylic acids is 1. The Labute approximate surface area is 157 Å². The first kappa shape index (κ1) is 17.2. The third kappa shape index (κ3) is 2.43. The molecule has 1 heterocycles. The minimum Gasteiger partial charge on any atom is -0.350 e. The second kappa shape index (κ2) is 6.04. The zero-order valence-corrected chi connectivity index (χ0v) is 16.2. The van der Waals surface area contributed by atoms with Crippen molar-refractivity contribution >= 4 is 5.78 Å². The number of carbonyl (C=O) groups is 1. The molecule has 0 bridgehead atoms. The van der Waals surface area contributed by atoms with Gasteiger partial charge < -0.3 is 9.47 Å². The van der Waals surface area contributed by atoms with Crippen LogP contribution in [0.2, 0.25) is 0 Å². The molecule has 1 aliphatic heterocycles. The van der Waals surface area contributed by atoms with Gasteiger partial charge in [0.2, 0.25) is 0 Å². The summed E-state index contributed by atoms with van der Waals surface area (Å²) in [4.78, 5) is 11.9. The van der Waals surface area contributed by atoms with Crippen molar-refractivity contribution in [2.24, 2.45) is 34.5 Å². The van der Waals surface area contributed by atoms with E-state index in [1.54, 1.807) is 0 Å². The zero-order chi connectivity index (χ0) is 17.9. The highest BCUT2D eigenvalue weighted by Crippen LogP contribution is 2.65. The van der Waals surface area contributed by atoms with Crippen LogP contribution < -0.4 is 0 Å². The molecule has 0 aromatic rings. The van der Waals surface area contributed by atoms with Crippen LogP contribution in [0.25, 0.3) is 0 Å². The van der Waals surface area contributed by atoms with Crippen molar-refractivity contribution in [3.8, 4) is 0 Å². The van der Waals surface area contributed by atoms with E-state index in [-0.39, 0.29) is 11.7 Å². The van der Waals surface area contributed by atoms with Gasteiger partial charge in [-0.05, 0) is 78.3 Å². The Balaban J connectivity index is 1.41. The Morgan fingerprint density at radius 2 is 1.88 bits per heavy atom. The molecule has 6 unspecified atom stereocenters. The van der Waals surface area contributed by atoms with Gasteiger partial charge in [-0.2, -0.15) is 0 Å². The van der Waals surface area contributed by atoms with Crippen molar-refractivity contribution in [2.45, 2.75) is 65.1 Å². The molecule has 4 aliphatic carbocycles. The number of rotatable bonds is 2. The molecular formula is C23H32O3. The lowest BCUT2D eigenvalue weighted by atomic mass is 9.48. The highest BCUT2D eigenvalue weighted by molar-refractivity contribution is 5.92. The summed E-state index contributed by atoms with van der Waals surface area (Å²) >= 11 is 0. The molecule has 0 N–H and O–H groups in total. The topological polar surface area (TPSA) is 35.5 Å². The molecule has 3 heteroatoms. The summed E-state index contributed by atoms with van der Waals surface area (Å²) in [5, 5.41) is 0. The molecule has 0 aromatic carbocycles. The summed E-state index contributed by atoms with van der Waals surface area (Å²) < 4.78 is 11.5. The van der Waals surface area contributed by atoms with E-state index in [0.29, 0.717) is 23.0 Å². The first-order valence-electron chi connectivity index (χ1n) is 10.7. The number of allylic oxidation sites excluding steroid dienone is 4. The summed E-state index contributed by atoms with van der Waals surface area (Å²) in [5.41, 5.74) is 1.94. The highest BCUT2D eigenvalue weighted by atomic mass is 16.7. The third-order valence-corrected chi connectivity index (χ3v) is 8.88. The zero-order valence-electron chi connectivity index (χ0n) is 16.2. The van der Waals surface area contributed by atoms with Crippen molar-refractivity contribution in [2.75, 3.05) is 13.2 Å². The second-order valence-corrected chi connectivity index (χ2v) is 9.86. The first-order chi connectivity index (χ1) is 12.5. The molecule has 3 nitrogen and oxygen atoms in total. The number of ketones is 1. The number of hydrogen-bond donors (Lipinski definition) is 0. The highest BCUT2D eigenvalue weighted by Gasteiger charge is 2.58. The average molecular weight is 357 g/mol. The first-order valence-corrected chi connectivity index (χ1v) is 10.7. The van der Waals surface area contributed by atoms with Gasteiger partial charge in [0.25, 0.3) is 0 Å². The van der Waals surface area contributed by atoms with Crippen LogP contribution in [0.1, 0.15) is 58.8 Å². The molecule has 0 aromatic heterocycles. The van der Waals surface area contributed by atoms with Crippen LogP contribution in [-0.2, 0) is 14.3 Å². The lowest BCUT2D eigenvalue weighted by Gasteiger charge is -2.56. The second-order valence-electron chi connectivity index (χ2n) is 9.86. The molecule has 0 spiro atoms. The van der Waals surface area contributed by atoms with Crippen molar-refractivity contribution in [3.05, 3.63) is 23.8 Å². The Bertz CT molecular complexity index is 658. The van der Waals surface area contributed by atoms with Gasteiger partial charge in [0.05, 0.1) is 13.2 Å². The molecule has 26 heavy (non-hydrogen) atoms. The minimum atomic E-state index is 0.0339. The molecule has 5 rings (SSSR count). The van der Waals surface area contributed by atoms with Crippen LogP contribution in [-0.4, -0.2) is 25.3 Å². The largest absolute Gasteiger partial charge is 0.350 e. The predicted molar refractivity (Wildman–Crippen MR) is 100 cm³/mol. The SMILES string of the molecule is CC12CCC(=O)C=C1C=CC1C2CCC2(C)C(CC3OCCO3)CCC12. The van der Waals surface area contributed by atoms with Crippen LogP contribution in [0.5, 0.6) is 0 Å². The Morgan fingerprint density at radius 1 is 1.08 bits per heavy atom. The van der Waals surface area contributed by atoms with E-state index in [0.717, 1.165) is 44.3 Å². The van der Waals surface area contributed by atoms with E-state index in [1.807, 2.05) is 6.08 Å². The van der Waals surface area contributed by atoms with E-state index >= 15 is 0 Å². The molecule has 3 fully saturated rings. The van der Waals surface area contributed by atoms with Gasteiger partial charge in [-0.15, -0.1) is 0 Å². The van der Waals surface area contributed by atoms with Crippen LogP contribution in [0, 0.1) is 34.5 Å². The molecule has 2 saturated carbocycles. The van der Waals surface area contributed by atoms with Gasteiger partial charge in [0, 0.05) is 12.8 Å². The maximum absolute atomic E-state index is 11.9. The molecule has 0 amide bonds. The third-order valence-electron chi connectivity index (χ3n) is 8.88. The lowest BCUT2D eigenvalue weighted by Crippen LogP contribution is -2.49. The molecule has 5 aliphatic rings. The number of ether oxygens (including phenoxy) is 2. The minimum absolute atomic E-state index is 0.0339. The summed E-state index contributed by atoms with van der Waals surface area (Å²) in [6, 6.07) is 0. The summed E-state index contributed by atoms with van der Waals surface area (Å²) in [7, 11) is 0. The normalized spacial score (nSPS) is 48.1. The van der Waals surface area contributed by atoms with Gasteiger partial charge in [-0.3, -0.25) is 4.79 Å². The smallest absolute Gasteiger partial charge is 0.158 e. The van der Waals surface area contributed by atoms with E-state index in [9.17, 15) is 4.79 Å². The molecule has 6 atom stereocenters. The van der Waals surface area contributed by atoms with Crippen LogP contribution in [0.15, 0.2) is 23.8 Å². The standard InChI is InChI=1S/C23H32O3/c1-22-9-7-17(24)13-15(22)3-5-18-19-6-4-16(14-21-25-11-12-26-21)23(19,2)10-8-20(18)22/h3,5,13,16,18-21H,4,6-12,14H2,1-2H3. The lowest BCUT2D eigenvalue weighted by molar-refractivity contribution is -0.116. The maximum atomic E-state index is 11.9. The molecule has 142 valence electrons. The van der Waals surface area contributed by atoms with Gasteiger partial charge in [-0.1, -0.05) is 26.0 Å². The Morgan fingerprint density at radius 3 is 2.69 bits per heavy atom. The molecular weight excluding hydrogens is 324 g/mol. The Kier molecular flexibility index (Phi) is 3.99. The van der Waals surface area contributed by atoms with Gasteiger partial charge in [0.1, 0.15) is 0 Å². The van der Waals surface area contributed by atoms with Gasteiger partial charge >= 0.3 is 0 Å². The van der Waals surface area contributed by atoms with Crippen molar-refractivity contribution in [1.29, 1.82) is 0 Å². The van der Waals surface area contributed by atoms with E-state index in [1.165, 1.54) is 31.3 Å². The van der Waals surface area contributed by atoms with E-state index in [4.69, 9.17) is 9.47 Å². The number of fused-ring (bicyclic) bond motifs is 5. The van der Waals surface area contributed by atoms with Crippen LogP contribution >= 0.6 is 0 Å². The Hall–Kier alpha value is -0.930. The quantitative estimate of drug-likeness (QED) is 0.721. The van der Waals surface area contributed by atoms with Crippen LogP contribution in [0.4, 0.5) is 0 Å². The summed E-state index contributed by atoms with van der Waals surface area (Å²) in [6.07, 6.45) is 14.9. The maximum Gasteiger partial charge on any atom is 0.158 e. The monoisotopic (exact) mass is 356 g/mol. The van der Waals surface area contributed by atoms with E-state index < -0.39 is 0 Å². The van der Waals surface area contributed by atoms with Crippen molar-refractivity contribution in [1.82, 2.24) is 0 Å². The van der Waals surface area contributed by atoms with Crippen molar-refractivity contribution in [3.63, 3.8) is 0 Å².